The number of hydrogen-bond donors (Lipinski definition) is 1. The number of hydrazone groups is 1. The molecule has 0 aromatic heterocycles. The first kappa shape index (κ1) is 27.3. The van der Waals surface area contributed by atoms with Gasteiger partial charge in [-0.2, -0.15) is 18.3 Å². The number of nitrogens with zero attached hydrogens (tertiary/aromatic N) is 2. The van der Waals surface area contributed by atoms with Gasteiger partial charge in [0.05, 0.1) is 27.4 Å². The van der Waals surface area contributed by atoms with E-state index in [0.717, 1.165) is 17.7 Å². The predicted molar refractivity (Wildman–Crippen MR) is 135 cm³/mol. The summed E-state index contributed by atoms with van der Waals surface area (Å²) in [4.78, 5) is 12.5. The fourth-order valence-electron chi connectivity index (χ4n) is 3.58. The molecule has 4 rings (SSSR count). The van der Waals surface area contributed by atoms with E-state index < -0.39 is 44.9 Å². The maximum Gasteiger partial charge on any atom is 0.417 e. The van der Waals surface area contributed by atoms with Gasteiger partial charge in [-0.3, -0.25) is 9.10 Å². The van der Waals surface area contributed by atoms with Gasteiger partial charge in [0, 0.05) is 5.56 Å². The summed E-state index contributed by atoms with van der Waals surface area (Å²) in [5, 5.41) is 3.24. The number of fused-ring (bicyclic) bond motifs is 1. The van der Waals surface area contributed by atoms with E-state index in [9.17, 15) is 26.4 Å². The Labute approximate surface area is 221 Å². The van der Waals surface area contributed by atoms with E-state index in [4.69, 9.17) is 21.1 Å². The van der Waals surface area contributed by atoms with Crippen LogP contribution in [0.5, 0.6) is 11.5 Å². The van der Waals surface area contributed by atoms with Gasteiger partial charge >= 0.3 is 6.18 Å². The van der Waals surface area contributed by atoms with Gasteiger partial charge in [-0.05, 0) is 49.4 Å². The zero-order chi connectivity index (χ0) is 27.5. The van der Waals surface area contributed by atoms with Crippen molar-refractivity contribution in [2.75, 3.05) is 24.1 Å². The van der Waals surface area contributed by atoms with Crippen molar-refractivity contribution in [1.82, 2.24) is 5.43 Å². The molecule has 1 aliphatic heterocycles. The average Bonchev–Trinajstić information content (AvgIpc) is 2.87. The van der Waals surface area contributed by atoms with Crippen LogP contribution in [0.25, 0.3) is 0 Å². The molecule has 13 heteroatoms. The van der Waals surface area contributed by atoms with Crippen LogP contribution in [-0.4, -0.2) is 40.3 Å². The summed E-state index contributed by atoms with van der Waals surface area (Å²) in [6.07, 6.45) is -3.56. The fraction of sp³-hybridized carbons (Fsp3) is 0.200. The molecule has 8 nitrogen and oxygen atoms in total. The molecule has 1 aliphatic rings. The Morgan fingerprint density at radius 3 is 2.53 bits per heavy atom. The first-order chi connectivity index (χ1) is 18.0. The van der Waals surface area contributed by atoms with Crippen molar-refractivity contribution >= 4 is 39.4 Å². The zero-order valence-corrected chi connectivity index (χ0v) is 21.4. The van der Waals surface area contributed by atoms with Crippen molar-refractivity contribution in [2.45, 2.75) is 18.0 Å². The summed E-state index contributed by atoms with van der Waals surface area (Å²) in [6.45, 7) is 1.60. The van der Waals surface area contributed by atoms with Crippen LogP contribution in [-0.2, 0) is 21.0 Å². The van der Waals surface area contributed by atoms with Crippen LogP contribution in [0.4, 0.5) is 18.9 Å². The van der Waals surface area contributed by atoms with Crippen molar-refractivity contribution in [3.8, 4) is 11.5 Å². The molecule has 3 aromatic carbocycles. The molecule has 1 heterocycles. The van der Waals surface area contributed by atoms with Gasteiger partial charge < -0.3 is 9.47 Å². The minimum Gasteiger partial charge on any atom is -0.486 e. The number of hydrogen-bond acceptors (Lipinski definition) is 6. The monoisotopic (exact) mass is 567 g/mol. The van der Waals surface area contributed by atoms with Crippen molar-refractivity contribution in [2.24, 2.45) is 5.10 Å². The molecule has 0 atom stereocenters. The molecule has 1 N–H and O–H groups in total. The number of carbonyl (C=O) groups is 1. The first-order valence-electron chi connectivity index (χ1n) is 11.1. The van der Waals surface area contributed by atoms with Gasteiger partial charge in [0.1, 0.15) is 19.8 Å². The summed E-state index contributed by atoms with van der Waals surface area (Å²) in [7, 11) is -4.46. The number of halogens is 4. The number of ether oxygens (including phenoxy) is 2. The molecule has 0 spiro atoms. The molecular formula is C25H21ClF3N3O5S. The van der Waals surface area contributed by atoms with Crippen LogP contribution in [0, 0.1) is 6.92 Å². The smallest absolute Gasteiger partial charge is 0.417 e. The minimum absolute atomic E-state index is 0.212. The second kappa shape index (κ2) is 10.9. The Balaban J connectivity index is 1.63. The lowest BCUT2D eigenvalue weighted by Gasteiger charge is -2.25. The van der Waals surface area contributed by atoms with E-state index >= 15 is 0 Å². The summed E-state index contributed by atoms with van der Waals surface area (Å²) >= 11 is 5.71. The Kier molecular flexibility index (Phi) is 7.83. The van der Waals surface area contributed by atoms with E-state index in [-0.39, 0.29) is 4.90 Å². The third-order valence-corrected chi connectivity index (χ3v) is 7.55. The van der Waals surface area contributed by atoms with Crippen LogP contribution < -0.4 is 19.2 Å². The Morgan fingerprint density at radius 1 is 1.11 bits per heavy atom. The standard InChI is InChI=1S/C25H21ClF3N3O5S/c1-16-5-8-19(9-6-16)38(34,35)32(18-7-10-21(26)20(13-18)25(27,28)29)15-23(33)31-30-14-17-3-2-4-22-24(17)37-12-11-36-22/h2-10,13-14H,11-12,15H2,1H3,(H,31,33)/b30-14-. The maximum absolute atomic E-state index is 13.5. The van der Waals surface area contributed by atoms with E-state index in [2.05, 4.69) is 10.5 Å². The highest BCUT2D eigenvalue weighted by Gasteiger charge is 2.35. The summed E-state index contributed by atoms with van der Waals surface area (Å²) < 4.78 is 79.0. The Morgan fingerprint density at radius 2 is 1.82 bits per heavy atom. The van der Waals surface area contributed by atoms with Crippen LogP contribution in [0.2, 0.25) is 5.02 Å². The molecule has 0 aliphatic carbocycles. The van der Waals surface area contributed by atoms with Crippen molar-refractivity contribution in [1.29, 1.82) is 0 Å². The highest BCUT2D eigenvalue weighted by Crippen LogP contribution is 2.38. The third kappa shape index (κ3) is 6.03. The largest absolute Gasteiger partial charge is 0.486 e. The topological polar surface area (TPSA) is 97.3 Å². The number of anilines is 1. The lowest BCUT2D eigenvalue weighted by molar-refractivity contribution is -0.137. The first-order valence-corrected chi connectivity index (χ1v) is 13.0. The Hall–Kier alpha value is -3.77. The summed E-state index contributed by atoms with van der Waals surface area (Å²) in [6, 6.07) is 13.3. The Bertz CT molecular complexity index is 1480. The molecule has 200 valence electrons. The molecule has 0 unspecified atom stereocenters. The number of para-hydroxylation sites is 1. The van der Waals surface area contributed by atoms with Crippen LogP contribution in [0.1, 0.15) is 16.7 Å². The van der Waals surface area contributed by atoms with Crippen LogP contribution in [0.3, 0.4) is 0 Å². The average molecular weight is 568 g/mol. The molecule has 0 saturated heterocycles. The molecule has 38 heavy (non-hydrogen) atoms. The highest BCUT2D eigenvalue weighted by molar-refractivity contribution is 7.92. The van der Waals surface area contributed by atoms with Crippen LogP contribution in [0.15, 0.2) is 70.7 Å². The lowest BCUT2D eigenvalue weighted by Crippen LogP contribution is -2.39. The number of carbonyl (C=O) groups excluding carboxylic acids is 1. The fourth-order valence-corrected chi connectivity index (χ4v) is 5.21. The van der Waals surface area contributed by atoms with Crippen molar-refractivity contribution in [3.63, 3.8) is 0 Å². The lowest BCUT2D eigenvalue weighted by atomic mass is 10.2. The van der Waals surface area contributed by atoms with Crippen LogP contribution >= 0.6 is 11.6 Å². The molecule has 0 saturated carbocycles. The number of rotatable bonds is 7. The quantitative estimate of drug-likeness (QED) is 0.327. The predicted octanol–water partition coefficient (Wildman–Crippen LogP) is 4.78. The minimum atomic E-state index is -4.85. The number of nitrogens with one attached hydrogen (secondary N) is 1. The second-order valence-corrected chi connectivity index (χ2v) is 10.4. The maximum atomic E-state index is 13.5. The van der Waals surface area contributed by atoms with E-state index in [1.807, 2.05) is 0 Å². The van der Waals surface area contributed by atoms with Gasteiger partial charge in [0.25, 0.3) is 15.9 Å². The highest BCUT2D eigenvalue weighted by atomic mass is 35.5. The van der Waals surface area contributed by atoms with Gasteiger partial charge in [0.15, 0.2) is 11.5 Å². The number of alkyl halides is 3. The van der Waals surface area contributed by atoms with Crippen molar-refractivity contribution in [3.05, 3.63) is 82.4 Å². The number of sulfonamides is 1. The molecule has 0 bridgehead atoms. The van der Waals surface area contributed by atoms with Gasteiger partial charge in [-0.1, -0.05) is 35.4 Å². The normalized spacial score (nSPS) is 13.4. The van der Waals surface area contributed by atoms with E-state index in [0.29, 0.717) is 40.6 Å². The zero-order valence-electron chi connectivity index (χ0n) is 19.8. The number of aryl methyl sites for hydroxylation is 1. The van der Waals surface area contributed by atoms with E-state index in [1.54, 1.807) is 25.1 Å². The van der Waals surface area contributed by atoms with Gasteiger partial charge in [0.2, 0.25) is 0 Å². The molecule has 0 fully saturated rings. The summed E-state index contributed by atoms with van der Waals surface area (Å²) in [5.74, 6) is 0.0358. The SMILES string of the molecule is Cc1ccc(S(=O)(=O)N(CC(=O)N/N=C\c2cccc3c2OCCO3)c2ccc(Cl)c(C(F)(F)F)c2)cc1. The molecular weight excluding hydrogens is 547 g/mol. The molecule has 3 aromatic rings. The van der Waals surface area contributed by atoms with E-state index in [1.165, 1.54) is 30.5 Å². The number of amides is 1. The van der Waals surface area contributed by atoms with Gasteiger partial charge in [-0.25, -0.2) is 13.8 Å². The summed E-state index contributed by atoms with van der Waals surface area (Å²) in [5.41, 5.74) is 1.84. The van der Waals surface area contributed by atoms with Crippen molar-refractivity contribution < 1.29 is 35.9 Å². The third-order valence-electron chi connectivity index (χ3n) is 5.43. The molecule has 0 radical (unpaired) electrons. The number of benzene rings is 3. The van der Waals surface area contributed by atoms with Gasteiger partial charge in [-0.15, -0.1) is 0 Å². The second-order valence-electron chi connectivity index (χ2n) is 8.15. The molecule has 1 amide bonds.